The number of aromatic hydroxyl groups is 1. The third-order valence-corrected chi connectivity index (χ3v) is 3.75. The van der Waals surface area contributed by atoms with E-state index in [0.717, 1.165) is 0 Å². The number of halogens is 1. The van der Waals surface area contributed by atoms with Gasteiger partial charge < -0.3 is 21.5 Å². The van der Waals surface area contributed by atoms with E-state index in [4.69, 9.17) is 17.3 Å². The van der Waals surface area contributed by atoms with E-state index < -0.39 is 17.7 Å². The average Bonchev–Trinajstić information content (AvgIpc) is 2.57. The number of hydrogen-bond acceptors (Lipinski definition) is 4. The van der Waals surface area contributed by atoms with Crippen LogP contribution in [0.15, 0.2) is 36.4 Å². The van der Waals surface area contributed by atoms with Crippen LogP contribution in [-0.2, 0) is 4.79 Å². The van der Waals surface area contributed by atoms with Gasteiger partial charge in [0.15, 0.2) is 0 Å². The SMILES string of the molecule is Cc1ccc(Cl)c(O)c1C(=O)NCC(=O)Nc1ccccc1C(N)=O. The van der Waals surface area contributed by atoms with Crippen molar-refractivity contribution in [2.75, 3.05) is 11.9 Å². The third kappa shape index (κ3) is 4.27. The lowest BCUT2D eigenvalue weighted by Crippen LogP contribution is -2.33. The molecule has 130 valence electrons. The minimum atomic E-state index is -0.681. The molecule has 0 radical (unpaired) electrons. The Labute approximate surface area is 148 Å². The Morgan fingerprint density at radius 1 is 1.16 bits per heavy atom. The average molecular weight is 362 g/mol. The Morgan fingerprint density at radius 2 is 1.84 bits per heavy atom. The van der Waals surface area contributed by atoms with Gasteiger partial charge in [-0.3, -0.25) is 14.4 Å². The standard InChI is InChI=1S/C17H16ClN3O4/c1-9-6-7-11(18)15(23)14(9)17(25)20-8-13(22)21-12-5-3-2-4-10(12)16(19)24/h2-7,23H,8H2,1H3,(H2,19,24)(H,20,25)(H,21,22). The number of aryl methyl sites for hydroxylation is 1. The Hall–Kier alpha value is -3.06. The second-order valence-electron chi connectivity index (χ2n) is 5.23. The fourth-order valence-corrected chi connectivity index (χ4v) is 2.36. The van der Waals surface area contributed by atoms with Crippen LogP contribution in [0.25, 0.3) is 0 Å². The number of amides is 3. The lowest BCUT2D eigenvalue weighted by Gasteiger charge is -2.12. The maximum atomic E-state index is 12.2. The van der Waals surface area contributed by atoms with Crippen LogP contribution < -0.4 is 16.4 Å². The van der Waals surface area contributed by atoms with Gasteiger partial charge in [-0.25, -0.2) is 0 Å². The first-order chi connectivity index (χ1) is 11.8. The molecule has 0 spiro atoms. The second kappa shape index (κ2) is 7.67. The quantitative estimate of drug-likeness (QED) is 0.648. The van der Waals surface area contributed by atoms with E-state index in [-0.39, 0.29) is 34.1 Å². The molecule has 0 aliphatic heterocycles. The normalized spacial score (nSPS) is 10.2. The van der Waals surface area contributed by atoms with Gasteiger partial charge in [0, 0.05) is 0 Å². The molecule has 0 saturated heterocycles. The van der Waals surface area contributed by atoms with Gasteiger partial charge in [0.2, 0.25) is 5.91 Å². The molecule has 7 nitrogen and oxygen atoms in total. The van der Waals surface area contributed by atoms with E-state index in [0.29, 0.717) is 5.56 Å². The predicted molar refractivity (Wildman–Crippen MR) is 93.8 cm³/mol. The zero-order chi connectivity index (χ0) is 18.6. The fraction of sp³-hybridized carbons (Fsp3) is 0.118. The van der Waals surface area contributed by atoms with E-state index in [2.05, 4.69) is 10.6 Å². The summed E-state index contributed by atoms with van der Waals surface area (Å²) >= 11 is 5.79. The number of para-hydroxylation sites is 1. The zero-order valence-corrected chi connectivity index (χ0v) is 14.1. The van der Waals surface area contributed by atoms with E-state index in [1.54, 1.807) is 25.1 Å². The number of carbonyl (C=O) groups is 3. The van der Waals surface area contributed by atoms with E-state index in [1.165, 1.54) is 18.2 Å². The van der Waals surface area contributed by atoms with Gasteiger partial charge in [-0.15, -0.1) is 0 Å². The maximum Gasteiger partial charge on any atom is 0.255 e. The molecule has 25 heavy (non-hydrogen) atoms. The van der Waals surface area contributed by atoms with Crippen molar-refractivity contribution >= 4 is 35.0 Å². The topological polar surface area (TPSA) is 122 Å². The van der Waals surface area contributed by atoms with Crippen molar-refractivity contribution in [1.29, 1.82) is 0 Å². The lowest BCUT2D eigenvalue weighted by molar-refractivity contribution is -0.115. The molecule has 5 N–H and O–H groups in total. The molecular weight excluding hydrogens is 346 g/mol. The summed E-state index contributed by atoms with van der Waals surface area (Å²) < 4.78 is 0. The number of anilines is 1. The highest BCUT2D eigenvalue weighted by Gasteiger charge is 2.18. The van der Waals surface area contributed by atoms with Crippen molar-refractivity contribution in [2.24, 2.45) is 5.73 Å². The highest BCUT2D eigenvalue weighted by atomic mass is 35.5. The van der Waals surface area contributed by atoms with Crippen LogP contribution in [0.2, 0.25) is 5.02 Å². The molecule has 0 atom stereocenters. The summed E-state index contributed by atoms with van der Waals surface area (Å²) in [6.45, 7) is 1.27. The third-order valence-electron chi connectivity index (χ3n) is 3.44. The summed E-state index contributed by atoms with van der Waals surface area (Å²) in [6, 6.07) is 9.30. The number of nitrogens with one attached hydrogen (secondary N) is 2. The van der Waals surface area contributed by atoms with Crippen molar-refractivity contribution in [1.82, 2.24) is 5.32 Å². The van der Waals surface area contributed by atoms with Crippen LogP contribution in [0, 0.1) is 6.92 Å². The minimum absolute atomic E-state index is 0.00200. The summed E-state index contributed by atoms with van der Waals surface area (Å²) in [5.74, 6) is -2.23. The summed E-state index contributed by atoms with van der Waals surface area (Å²) in [6.07, 6.45) is 0. The van der Waals surface area contributed by atoms with Crippen LogP contribution in [0.3, 0.4) is 0 Å². The smallest absolute Gasteiger partial charge is 0.255 e. The number of nitrogens with two attached hydrogens (primary N) is 1. The van der Waals surface area contributed by atoms with Gasteiger partial charge in [-0.2, -0.15) is 0 Å². The first-order valence-corrected chi connectivity index (χ1v) is 7.64. The summed E-state index contributed by atoms with van der Waals surface area (Å²) in [5.41, 5.74) is 6.15. The van der Waals surface area contributed by atoms with Crippen LogP contribution in [0.1, 0.15) is 26.3 Å². The number of rotatable bonds is 5. The monoisotopic (exact) mass is 361 g/mol. The molecule has 0 aliphatic carbocycles. The molecule has 0 aliphatic rings. The molecule has 0 fully saturated rings. The summed E-state index contributed by atoms with van der Waals surface area (Å²) in [7, 11) is 0. The molecule has 0 unspecified atom stereocenters. The van der Waals surface area contributed by atoms with Gasteiger partial charge in [0.05, 0.1) is 28.4 Å². The number of phenolic OH excluding ortho intramolecular Hbond substituents is 1. The molecule has 3 amide bonds. The molecule has 0 heterocycles. The molecule has 0 aromatic heterocycles. The van der Waals surface area contributed by atoms with Crippen molar-refractivity contribution in [3.8, 4) is 5.75 Å². The van der Waals surface area contributed by atoms with Gasteiger partial charge in [-0.1, -0.05) is 29.8 Å². The fourth-order valence-electron chi connectivity index (χ4n) is 2.20. The van der Waals surface area contributed by atoms with Gasteiger partial charge in [0.25, 0.3) is 11.8 Å². The van der Waals surface area contributed by atoms with Crippen LogP contribution in [-0.4, -0.2) is 29.4 Å². The molecular formula is C17H16ClN3O4. The largest absolute Gasteiger partial charge is 0.506 e. The van der Waals surface area contributed by atoms with Gasteiger partial charge in [0.1, 0.15) is 5.75 Å². The highest BCUT2D eigenvalue weighted by Crippen LogP contribution is 2.29. The van der Waals surface area contributed by atoms with Gasteiger partial charge >= 0.3 is 0 Å². The molecule has 0 bridgehead atoms. The number of primary amides is 1. The second-order valence-corrected chi connectivity index (χ2v) is 5.64. The van der Waals surface area contributed by atoms with Crippen molar-refractivity contribution < 1.29 is 19.5 Å². The summed E-state index contributed by atoms with van der Waals surface area (Å²) in [5, 5.41) is 14.8. The minimum Gasteiger partial charge on any atom is -0.506 e. The molecule has 0 saturated carbocycles. The zero-order valence-electron chi connectivity index (χ0n) is 13.3. The first-order valence-electron chi connectivity index (χ1n) is 7.26. The number of carbonyl (C=O) groups excluding carboxylic acids is 3. The Kier molecular flexibility index (Phi) is 5.61. The van der Waals surface area contributed by atoms with Crippen LogP contribution >= 0.6 is 11.6 Å². The van der Waals surface area contributed by atoms with Crippen molar-refractivity contribution in [2.45, 2.75) is 6.92 Å². The van der Waals surface area contributed by atoms with Crippen molar-refractivity contribution in [3.63, 3.8) is 0 Å². The lowest BCUT2D eigenvalue weighted by atomic mass is 10.1. The Balaban J connectivity index is 2.05. The van der Waals surface area contributed by atoms with E-state index in [9.17, 15) is 19.5 Å². The molecule has 8 heteroatoms. The number of phenols is 1. The maximum absolute atomic E-state index is 12.2. The van der Waals surface area contributed by atoms with Gasteiger partial charge in [-0.05, 0) is 30.7 Å². The van der Waals surface area contributed by atoms with E-state index in [1.807, 2.05) is 0 Å². The number of hydrogen-bond donors (Lipinski definition) is 4. The van der Waals surface area contributed by atoms with Crippen molar-refractivity contribution in [3.05, 3.63) is 58.1 Å². The predicted octanol–water partition coefficient (Wildman–Crippen LogP) is 1.82. The Morgan fingerprint density at radius 3 is 2.52 bits per heavy atom. The molecule has 2 rings (SSSR count). The Bertz CT molecular complexity index is 852. The summed E-state index contributed by atoms with van der Waals surface area (Å²) in [4.78, 5) is 35.5. The first kappa shape index (κ1) is 18.3. The highest BCUT2D eigenvalue weighted by molar-refractivity contribution is 6.32. The molecule has 2 aromatic rings. The molecule has 2 aromatic carbocycles. The van der Waals surface area contributed by atoms with E-state index >= 15 is 0 Å². The number of benzene rings is 2. The van der Waals surface area contributed by atoms with Crippen LogP contribution in [0.4, 0.5) is 5.69 Å². The van der Waals surface area contributed by atoms with Crippen LogP contribution in [0.5, 0.6) is 5.75 Å².